The standard InChI is InChI=1S/C42H52N10O7S/c1-30-24-35(4-5-36(30)41(55)52-19-22-59-37-6-2-31(25-33(37)29-52)32-3-7-38(43)46-26-32)60(56,57)23-11-45-40(54)34-27-47-42(48-28-34)51-16-14-49(15-17-51)18-21-58-20-8-39(53)50-12-9-44-10-13-50/h2-7,24-28,44H,8-23,29H2,1H3,(H2,43,46)(H,45,54). The molecule has 0 saturated carbocycles. The van der Waals surface area contributed by atoms with Gasteiger partial charge in [0.25, 0.3) is 11.8 Å². The normalized spacial score (nSPS) is 16.1. The molecule has 2 aromatic carbocycles. The van der Waals surface area contributed by atoms with Crippen LogP contribution in [-0.2, 0) is 25.9 Å². The molecule has 2 aromatic heterocycles. The molecule has 2 saturated heterocycles. The van der Waals surface area contributed by atoms with Crippen LogP contribution in [0.4, 0.5) is 11.8 Å². The molecule has 0 radical (unpaired) electrons. The number of ether oxygens (including phenoxy) is 2. The highest BCUT2D eigenvalue weighted by Crippen LogP contribution is 2.30. The van der Waals surface area contributed by atoms with Gasteiger partial charge in [0, 0.05) is 107 Å². The molecular formula is C42H52N10O7S. The van der Waals surface area contributed by atoms with Gasteiger partial charge in [0.05, 0.1) is 42.4 Å². The van der Waals surface area contributed by atoms with Crippen LogP contribution in [0.1, 0.15) is 38.3 Å². The summed E-state index contributed by atoms with van der Waals surface area (Å²) in [5.74, 6) is 0.742. The lowest BCUT2D eigenvalue weighted by Gasteiger charge is -2.34. The summed E-state index contributed by atoms with van der Waals surface area (Å²) < 4.78 is 38.3. The third-order valence-corrected chi connectivity index (χ3v) is 12.6. The summed E-state index contributed by atoms with van der Waals surface area (Å²) in [7, 11) is -3.79. The number of sulfone groups is 1. The number of nitrogens with one attached hydrogen (secondary N) is 2. The van der Waals surface area contributed by atoms with Gasteiger partial charge in [-0.15, -0.1) is 0 Å². The second kappa shape index (κ2) is 19.6. The summed E-state index contributed by atoms with van der Waals surface area (Å²) in [4.78, 5) is 59.9. The molecule has 60 heavy (non-hydrogen) atoms. The molecule has 18 heteroatoms. The number of hydrogen-bond donors (Lipinski definition) is 3. The fraction of sp³-hybridized carbons (Fsp3) is 0.429. The van der Waals surface area contributed by atoms with Gasteiger partial charge in [0.1, 0.15) is 18.2 Å². The molecule has 2 fully saturated rings. The minimum absolute atomic E-state index is 0.0650. The Kier molecular flexibility index (Phi) is 13.8. The van der Waals surface area contributed by atoms with E-state index >= 15 is 0 Å². The van der Waals surface area contributed by atoms with E-state index in [2.05, 4.69) is 35.4 Å². The van der Waals surface area contributed by atoms with Crippen LogP contribution in [-0.4, -0.2) is 153 Å². The van der Waals surface area contributed by atoms with Gasteiger partial charge in [-0.05, 0) is 60.5 Å². The molecule has 0 unspecified atom stereocenters. The Morgan fingerprint density at radius 2 is 1.63 bits per heavy atom. The van der Waals surface area contributed by atoms with Crippen LogP contribution in [0.25, 0.3) is 11.1 Å². The highest BCUT2D eigenvalue weighted by Gasteiger charge is 2.25. The van der Waals surface area contributed by atoms with Crippen molar-refractivity contribution in [2.24, 2.45) is 0 Å². The number of benzene rings is 2. The Morgan fingerprint density at radius 3 is 2.37 bits per heavy atom. The quantitative estimate of drug-likeness (QED) is 0.155. The number of nitrogens with zero attached hydrogens (tertiary/aromatic N) is 7. The molecule has 0 spiro atoms. The van der Waals surface area contributed by atoms with E-state index in [1.165, 1.54) is 24.5 Å². The number of amides is 3. The average molecular weight is 841 g/mol. The summed E-state index contributed by atoms with van der Waals surface area (Å²) in [6, 6.07) is 13.9. The monoisotopic (exact) mass is 840 g/mol. The van der Waals surface area contributed by atoms with Gasteiger partial charge in [-0.2, -0.15) is 0 Å². The molecule has 0 aliphatic carbocycles. The van der Waals surface area contributed by atoms with Crippen LogP contribution >= 0.6 is 0 Å². The van der Waals surface area contributed by atoms with E-state index in [0.29, 0.717) is 81.1 Å². The van der Waals surface area contributed by atoms with Crippen molar-refractivity contribution in [1.29, 1.82) is 0 Å². The van der Waals surface area contributed by atoms with Gasteiger partial charge < -0.3 is 40.5 Å². The highest BCUT2D eigenvalue weighted by atomic mass is 32.2. The number of nitrogen functional groups attached to an aromatic ring is 1. The van der Waals surface area contributed by atoms with Gasteiger partial charge in [-0.25, -0.2) is 23.4 Å². The van der Waals surface area contributed by atoms with Crippen LogP contribution in [0.5, 0.6) is 5.75 Å². The van der Waals surface area contributed by atoms with Crippen LogP contribution in [0, 0.1) is 6.92 Å². The Balaban J connectivity index is 0.842. The predicted molar refractivity (Wildman–Crippen MR) is 225 cm³/mol. The van der Waals surface area contributed by atoms with Crippen LogP contribution in [0.15, 0.2) is 72.0 Å². The largest absolute Gasteiger partial charge is 0.491 e. The molecule has 3 aliphatic heterocycles. The Labute approximate surface area is 350 Å². The third kappa shape index (κ3) is 10.7. The minimum atomic E-state index is -3.79. The van der Waals surface area contributed by atoms with E-state index in [4.69, 9.17) is 15.2 Å². The van der Waals surface area contributed by atoms with Crippen molar-refractivity contribution in [3.05, 3.63) is 89.4 Å². The van der Waals surface area contributed by atoms with Crippen molar-refractivity contribution in [3.63, 3.8) is 0 Å². The van der Waals surface area contributed by atoms with E-state index in [-0.39, 0.29) is 34.6 Å². The number of piperazine rings is 2. The highest BCUT2D eigenvalue weighted by molar-refractivity contribution is 7.91. The van der Waals surface area contributed by atoms with Crippen molar-refractivity contribution >= 4 is 39.3 Å². The summed E-state index contributed by atoms with van der Waals surface area (Å²) in [5, 5.41) is 5.91. The first-order valence-electron chi connectivity index (χ1n) is 20.3. The Morgan fingerprint density at radius 1 is 0.867 bits per heavy atom. The molecule has 17 nitrogen and oxygen atoms in total. The van der Waals surface area contributed by atoms with E-state index in [9.17, 15) is 22.8 Å². The molecule has 7 rings (SSSR count). The number of anilines is 2. The van der Waals surface area contributed by atoms with Gasteiger partial charge in [-0.3, -0.25) is 19.3 Å². The van der Waals surface area contributed by atoms with Crippen LogP contribution < -0.4 is 26.0 Å². The maximum atomic E-state index is 13.8. The number of carbonyl (C=O) groups is 3. The van der Waals surface area contributed by atoms with Crippen LogP contribution in [0.2, 0.25) is 0 Å². The summed E-state index contributed by atoms with van der Waals surface area (Å²) in [5.41, 5.74) is 9.55. The summed E-state index contributed by atoms with van der Waals surface area (Å²) in [6.07, 6.45) is 4.99. The molecule has 4 aromatic rings. The zero-order chi connectivity index (χ0) is 42.1. The number of aryl methyl sites for hydroxylation is 1. The molecule has 318 valence electrons. The van der Waals surface area contributed by atoms with Gasteiger partial charge in [0.15, 0.2) is 9.84 Å². The summed E-state index contributed by atoms with van der Waals surface area (Å²) >= 11 is 0. The molecule has 0 atom stereocenters. The lowest BCUT2D eigenvalue weighted by Crippen LogP contribution is -2.48. The van der Waals surface area contributed by atoms with Crippen molar-refractivity contribution < 1.29 is 32.3 Å². The fourth-order valence-corrected chi connectivity index (χ4v) is 8.62. The maximum absolute atomic E-state index is 13.8. The number of aromatic nitrogens is 3. The number of carbonyl (C=O) groups excluding carboxylic acids is 3. The molecule has 0 bridgehead atoms. The Hall–Kier alpha value is -5.69. The minimum Gasteiger partial charge on any atom is -0.491 e. The molecule has 3 amide bonds. The van der Waals surface area contributed by atoms with E-state index < -0.39 is 15.7 Å². The van der Waals surface area contributed by atoms with Gasteiger partial charge in [-0.1, -0.05) is 6.07 Å². The second-order valence-electron chi connectivity index (χ2n) is 15.0. The molecule has 4 N–H and O–H groups in total. The summed E-state index contributed by atoms with van der Waals surface area (Å²) in [6.45, 7) is 10.5. The number of fused-ring (bicyclic) bond motifs is 1. The van der Waals surface area contributed by atoms with Crippen molar-refractivity contribution in [2.45, 2.75) is 24.8 Å². The molecule has 3 aliphatic rings. The lowest BCUT2D eigenvalue weighted by molar-refractivity contribution is -0.132. The zero-order valence-corrected chi connectivity index (χ0v) is 34.7. The third-order valence-electron chi connectivity index (χ3n) is 10.9. The number of hydrogen-bond acceptors (Lipinski definition) is 14. The van der Waals surface area contributed by atoms with Crippen molar-refractivity contribution in [3.8, 4) is 16.9 Å². The first-order valence-corrected chi connectivity index (χ1v) is 21.9. The molecular weight excluding hydrogens is 789 g/mol. The SMILES string of the molecule is Cc1cc(S(=O)(=O)CCNC(=O)c2cnc(N3CCN(CCOCCC(=O)N4CCNCC4)CC3)nc2)ccc1C(=O)N1CCOc2ccc(-c3ccc(N)nc3)cc2C1. The topological polar surface area (TPSA) is 206 Å². The zero-order valence-electron chi connectivity index (χ0n) is 33.8. The van der Waals surface area contributed by atoms with Crippen molar-refractivity contribution in [2.75, 3.05) is 108 Å². The number of nitrogens with two attached hydrogens (primary N) is 1. The number of rotatable bonds is 14. The van der Waals surface area contributed by atoms with Gasteiger partial charge >= 0.3 is 0 Å². The maximum Gasteiger partial charge on any atom is 0.254 e. The average Bonchev–Trinajstić information content (AvgIpc) is 3.49. The first-order chi connectivity index (χ1) is 29.0. The van der Waals surface area contributed by atoms with Crippen molar-refractivity contribution in [1.82, 2.24) is 40.3 Å². The number of pyridine rings is 1. The smallest absolute Gasteiger partial charge is 0.254 e. The Bertz CT molecular complexity index is 2250. The predicted octanol–water partition coefficient (Wildman–Crippen LogP) is 1.63. The lowest BCUT2D eigenvalue weighted by atomic mass is 10.0. The van der Waals surface area contributed by atoms with Crippen LogP contribution in [0.3, 0.4) is 0 Å². The first kappa shape index (κ1) is 42.4. The fourth-order valence-electron chi connectivity index (χ4n) is 7.38. The second-order valence-corrected chi connectivity index (χ2v) is 17.1. The van der Waals surface area contributed by atoms with E-state index in [1.54, 1.807) is 30.2 Å². The van der Waals surface area contributed by atoms with E-state index in [1.807, 2.05) is 29.2 Å². The van der Waals surface area contributed by atoms with E-state index in [0.717, 1.165) is 62.5 Å². The molecule has 5 heterocycles. The van der Waals surface area contributed by atoms with Gasteiger partial charge in [0.2, 0.25) is 11.9 Å².